The van der Waals surface area contributed by atoms with Crippen LogP contribution in [0.5, 0.6) is 0 Å². The Kier molecular flexibility index (Phi) is 5.09. The SMILES string of the molecule is COC(=O)C1CC(n2cc(-c3cnc4c(N5CCN(C)CC5)cccc4n3)c(C)n2)C1. The lowest BCUT2D eigenvalue weighted by Crippen LogP contribution is -2.44. The van der Waals surface area contributed by atoms with Gasteiger partial charge in [-0.2, -0.15) is 5.10 Å². The van der Waals surface area contributed by atoms with E-state index in [1.54, 1.807) is 0 Å². The molecule has 0 spiro atoms. The zero-order valence-corrected chi connectivity index (χ0v) is 18.3. The van der Waals surface area contributed by atoms with Gasteiger partial charge in [0.25, 0.3) is 0 Å². The Labute approximate surface area is 181 Å². The van der Waals surface area contributed by atoms with Crippen LogP contribution in [0.2, 0.25) is 0 Å². The van der Waals surface area contributed by atoms with Crippen molar-refractivity contribution < 1.29 is 9.53 Å². The molecule has 1 aliphatic heterocycles. The number of carbonyl (C=O) groups is 1. The highest BCUT2D eigenvalue weighted by Crippen LogP contribution is 2.39. The predicted octanol–water partition coefficient (Wildman–Crippen LogP) is 2.68. The van der Waals surface area contributed by atoms with Crippen molar-refractivity contribution in [2.75, 3.05) is 45.2 Å². The van der Waals surface area contributed by atoms with E-state index in [2.05, 4.69) is 29.0 Å². The number of likely N-dealkylation sites (N-methyl/N-ethyl adjacent to an activating group) is 1. The summed E-state index contributed by atoms with van der Waals surface area (Å²) in [4.78, 5) is 26.2. The van der Waals surface area contributed by atoms with Crippen molar-refractivity contribution >= 4 is 22.7 Å². The number of para-hydroxylation sites is 1. The lowest BCUT2D eigenvalue weighted by atomic mass is 9.80. The first-order chi connectivity index (χ1) is 15.0. The number of hydrogen-bond donors (Lipinski definition) is 0. The summed E-state index contributed by atoms with van der Waals surface area (Å²) in [6.45, 7) is 6.10. The number of piperazine rings is 1. The fourth-order valence-corrected chi connectivity index (χ4v) is 4.54. The van der Waals surface area contributed by atoms with E-state index in [-0.39, 0.29) is 17.9 Å². The predicted molar refractivity (Wildman–Crippen MR) is 119 cm³/mol. The molecule has 3 aromatic rings. The van der Waals surface area contributed by atoms with Crippen molar-refractivity contribution in [1.82, 2.24) is 24.6 Å². The van der Waals surface area contributed by atoms with Gasteiger partial charge in [0.2, 0.25) is 0 Å². The topological polar surface area (TPSA) is 76.4 Å². The average molecular weight is 421 g/mol. The van der Waals surface area contributed by atoms with Crippen molar-refractivity contribution in [1.29, 1.82) is 0 Å². The van der Waals surface area contributed by atoms with Gasteiger partial charge in [-0.25, -0.2) is 4.98 Å². The van der Waals surface area contributed by atoms with Crippen LogP contribution in [0.1, 0.15) is 24.6 Å². The first-order valence-corrected chi connectivity index (χ1v) is 10.9. The molecule has 0 unspecified atom stereocenters. The van der Waals surface area contributed by atoms with E-state index in [1.807, 2.05) is 30.1 Å². The smallest absolute Gasteiger partial charge is 0.308 e. The fraction of sp³-hybridized carbons (Fsp3) is 0.478. The van der Waals surface area contributed by atoms with E-state index < -0.39 is 0 Å². The zero-order chi connectivity index (χ0) is 21.5. The summed E-state index contributed by atoms with van der Waals surface area (Å²) in [6, 6.07) is 6.46. The number of hydrogen-bond acceptors (Lipinski definition) is 7. The molecule has 0 bridgehead atoms. The maximum absolute atomic E-state index is 11.7. The first kappa shape index (κ1) is 19.9. The molecule has 0 radical (unpaired) electrons. The summed E-state index contributed by atoms with van der Waals surface area (Å²) < 4.78 is 6.81. The number of rotatable bonds is 4. The fourth-order valence-electron chi connectivity index (χ4n) is 4.54. The van der Waals surface area contributed by atoms with Crippen LogP contribution in [0, 0.1) is 12.8 Å². The van der Waals surface area contributed by atoms with Gasteiger partial charge in [-0.1, -0.05) is 6.07 Å². The summed E-state index contributed by atoms with van der Waals surface area (Å²) >= 11 is 0. The maximum Gasteiger partial charge on any atom is 0.308 e. The molecule has 0 amide bonds. The van der Waals surface area contributed by atoms with Crippen LogP contribution in [0.25, 0.3) is 22.3 Å². The minimum Gasteiger partial charge on any atom is -0.469 e. The molecule has 1 aliphatic carbocycles. The van der Waals surface area contributed by atoms with Gasteiger partial charge in [0.15, 0.2) is 0 Å². The van der Waals surface area contributed by atoms with Crippen LogP contribution in [0.3, 0.4) is 0 Å². The molecule has 1 aromatic carbocycles. The van der Waals surface area contributed by atoms with Crippen LogP contribution in [0.4, 0.5) is 5.69 Å². The van der Waals surface area contributed by atoms with Crippen molar-refractivity contribution in [3.05, 3.63) is 36.3 Å². The van der Waals surface area contributed by atoms with Gasteiger partial charge in [-0.05, 0) is 38.9 Å². The molecule has 8 nitrogen and oxygen atoms in total. The molecule has 2 fully saturated rings. The zero-order valence-electron chi connectivity index (χ0n) is 18.3. The van der Waals surface area contributed by atoms with E-state index in [4.69, 9.17) is 19.8 Å². The Morgan fingerprint density at radius 3 is 2.68 bits per heavy atom. The summed E-state index contributed by atoms with van der Waals surface area (Å²) in [5.74, 6) is -0.145. The Morgan fingerprint density at radius 1 is 1.16 bits per heavy atom. The molecule has 1 saturated carbocycles. The summed E-state index contributed by atoms with van der Waals surface area (Å²) in [5.41, 5.74) is 5.73. The van der Waals surface area contributed by atoms with Gasteiger partial charge < -0.3 is 14.5 Å². The standard InChI is InChI=1S/C23H28N6O2/c1-15-18(14-29(26-15)17-11-16(12-17)23(30)31-3)20-13-24-22-19(25-20)5-4-6-21(22)28-9-7-27(2)8-10-28/h4-6,13-14,16-17H,7-12H2,1-3H3. The molecule has 0 atom stereocenters. The molecule has 1 saturated heterocycles. The molecule has 5 rings (SSSR count). The number of fused-ring (bicyclic) bond motifs is 1. The Balaban J connectivity index is 1.40. The molecule has 162 valence electrons. The van der Waals surface area contributed by atoms with Crippen molar-refractivity contribution in [3.8, 4) is 11.3 Å². The lowest BCUT2D eigenvalue weighted by molar-refractivity contribution is -0.149. The number of aryl methyl sites for hydroxylation is 1. The van der Waals surface area contributed by atoms with Gasteiger partial charge >= 0.3 is 5.97 Å². The van der Waals surface area contributed by atoms with Crippen molar-refractivity contribution in [2.45, 2.75) is 25.8 Å². The number of methoxy groups -OCH3 is 1. The number of carbonyl (C=O) groups excluding carboxylic acids is 1. The van der Waals surface area contributed by atoms with Gasteiger partial charge in [-0.3, -0.25) is 14.5 Å². The Morgan fingerprint density at radius 2 is 1.94 bits per heavy atom. The van der Waals surface area contributed by atoms with Crippen LogP contribution in [-0.2, 0) is 9.53 Å². The largest absolute Gasteiger partial charge is 0.469 e. The lowest BCUT2D eigenvalue weighted by Gasteiger charge is -2.34. The molecule has 3 heterocycles. The third-order valence-corrected chi connectivity index (χ3v) is 6.61. The van der Waals surface area contributed by atoms with E-state index in [1.165, 1.54) is 7.11 Å². The van der Waals surface area contributed by atoms with Gasteiger partial charge in [0.05, 0.1) is 47.9 Å². The third-order valence-electron chi connectivity index (χ3n) is 6.61. The second-order valence-corrected chi connectivity index (χ2v) is 8.64. The monoisotopic (exact) mass is 420 g/mol. The van der Waals surface area contributed by atoms with Crippen molar-refractivity contribution in [2.24, 2.45) is 5.92 Å². The highest BCUT2D eigenvalue weighted by atomic mass is 16.5. The third kappa shape index (κ3) is 3.65. The normalized spacial score (nSPS) is 21.8. The molecule has 0 N–H and O–H groups in total. The molecule has 31 heavy (non-hydrogen) atoms. The Bertz CT molecular complexity index is 1110. The van der Waals surface area contributed by atoms with Crippen LogP contribution < -0.4 is 4.90 Å². The van der Waals surface area contributed by atoms with E-state index in [0.29, 0.717) is 0 Å². The highest BCUT2D eigenvalue weighted by Gasteiger charge is 2.37. The summed E-state index contributed by atoms with van der Waals surface area (Å²) in [6.07, 6.45) is 5.43. The summed E-state index contributed by atoms with van der Waals surface area (Å²) in [7, 11) is 3.60. The maximum atomic E-state index is 11.7. The van der Waals surface area contributed by atoms with Crippen LogP contribution >= 0.6 is 0 Å². The quantitative estimate of drug-likeness (QED) is 0.601. The van der Waals surface area contributed by atoms with E-state index in [9.17, 15) is 4.79 Å². The number of anilines is 1. The summed E-state index contributed by atoms with van der Waals surface area (Å²) in [5, 5.41) is 4.69. The molecular weight excluding hydrogens is 392 g/mol. The van der Waals surface area contributed by atoms with Gasteiger partial charge in [0, 0.05) is 37.9 Å². The number of benzene rings is 1. The Hall–Kier alpha value is -3.00. The second kappa shape index (κ2) is 7.92. The van der Waals surface area contributed by atoms with Crippen LogP contribution in [0.15, 0.2) is 30.6 Å². The number of ether oxygens (including phenoxy) is 1. The molecule has 2 aliphatic rings. The minimum absolute atomic E-state index is 0.0172. The average Bonchev–Trinajstić information content (AvgIpc) is 3.13. The van der Waals surface area contributed by atoms with Crippen molar-refractivity contribution in [3.63, 3.8) is 0 Å². The number of esters is 1. The molecule has 2 aromatic heterocycles. The number of aromatic nitrogens is 4. The van der Waals surface area contributed by atoms with Crippen LogP contribution in [-0.4, -0.2) is 71.0 Å². The van der Waals surface area contributed by atoms with E-state index in [0.717, 1.165) is 72.7 Å². The number of nitrogens with zero attached hydrogens (tertiary/aromatic N) is 6. The molecular formula is C23H28N6O2. The second-order valence-electron chi connectivity index (χ2n) is 8.64. The first-order valence-electron chi connectivity index (χ1n) is 10.9. The highest BCUT2D eigenvalue weighted by molar-refractivity contribution is 5.89. The van der Waals surface area contributed by atoms with E-state index >= 15 is 0 Å². The molecule has 8 heteroatoms. The van der Waals surface area contributed by atoms with Gasteiger partial charge in [-0.15, -0.1) is 0 Å². The van der Waals surface area contributed by atoms with Gasteiger partial charge in [0.1, 0.15) is 5.52 Å². The minimum atomic E-state index is -0.128.